The number of hydrogen-bond acceptors (Lipinski definition) is 7. The number of amides is 1. The van der Waals surface area contributed by atoms with E-state index in [1.54, 1.807) is 6.92 Å². The number of pyridine rings is 2. The van der Waals surface area contributed by atoms with Crippen LogP contribution in [-0.2, 0) is 4.79 Å². The lowest BCUT2D eigenvalue weighted by Crippen LogP contribution is -2.48. The number of rotatable bonds is 3. The van der Waals surface area contributed by atoms with Gasteiger partial charge < -0.3 is 15.5 Å². The highest BCUT2D eigenvalue weighted by atomic mass is 16.2. The third kappa shape index (κ3) is 3.71. The topological polar surface area (TPSA) is 101 Å². The molecule has 0 radical (unpaired) electrons. The number of nitrogens with zero attached hydrogens (tertiary/aromatic N) is 6. The second-order valence-electron chi connectivity index (χ2n) is 7.78. The van der Waals surface area contributed by atoms with Crippen LogP contribution in [0.3, 0.4) is 0 Å². The summed E-state index contributed by atoms with van der Waals surface area (Å²) >= 11 is 0. The molecule has 1 aliphatic heterocycles. The van der Waals surface area contributed by atoms with Gasteiger partial charge in [0.05, 0.1) is 11.1 Å². The first-order valence-electron chi connectivity index (χ1n) is 10.5. The lowest BCUT2D eigenvalue weighted by molar-refractivity contribution is -0.129. The summed E-state index contributed by atoms with van der Waals surface area (Å²) in [7, 11) is 0. The summed E-state index contributed by atoms with van der Waals surface area (Å²) in [6, 6.07) is 16.1. The van der Waals surface area contributed by atoms with E-state index in [1.807, 2.05) is 59.6 Å². The number of fused-ring (bicyclic) bond motifs is 1. The van der Waals surface area contributed by atoms with E-state index < -0.39 is 0 Å². The molecule has 1 aromatic carbocycles. The Balaban J connectivity index is 1.50. The molecule has 0 bridgehead atoms. The minimum Gasteiger partial charge on any atom is -0.383 e. The third-order valence-electron chi connectivity index (χ3n) is 5.81. The Morgan fingerprint density at radius 3 is 2.41 bits per heavy atom. The van der Waals surface area contributed by atoms with Crippen molar-refractivity contribution in [3.05, 3.63) is 61.1 Å². The maximum Gasteiger partial charge on any atom is 0.219 e. The largest absolute Gasteiger partial charge is 0.383 e. The highest BCUT2D eigenvalue weighted by molar-refractivity contribution is 6.00. The molecule has 1 saturated heterocycles. The Morgan fingerprint density at radius 1 is 0.938 bits per heavy atom. The molecule has 1 fully saturated rings. The molecule has 8 nitrogen and oxygen atoms in total. The van der Waals surface area contributed by atoms with Gasteiger partial charge in [0.1, 0.15) is 18.0 Å². The highest BCUT2D eigenvalue weighted by Gasteiger charge is 2.20. The number of piperazine rings is 1. The number of carbonyl (C=O) groups excluding carboxylic acids is 1. The molecule has 0 aliphatic carbocycles. The standard InChI is InChI=1S/C24H23N7O/c1-16(32)30-9-11-31(12-10-30)21-8-7-18(14-26-21)20-13-19(17-5-3-2-4-6-17)22-23(25)27-15-28-24(22)29-20/h2-8,13-15H,9-12H2,1H3,(H2,25,27,28,29). The summed E-state index contributed by atoms with van der Waals surface area (Å²) < 4.78 is 0. The molecule has 0 atom stereocenters. The molecule has 2 N–H and O–H groups in total. The summed E-state index contributed by atoms with van der Waals surface area (Å²) in [5.41, 5.74) is 10.4. The van der Waals surface area contributed by atoms with Crippen LogP contribution in [0.4, 0.5) is 11.6 Å². The zero-order valence-corrected chi connectivity index (χ0v) is 17.8. The maximum absolute atomic E-state index is 11.6. The predicted molar refractivity (Wildman–Crippen MR) is 125 cm³/mol. The van der Waals surface area contributed by atoms with Gasteiger partial charge in [-0.3, -0.25) is 4.79 Å². The van der Waals surface area contributed by atoms with Gasteiger partial charge in [-0.15, -0.1) is 0 Å². The van der Waals surface area contributed by atoms with E-state index in [1.165, 1.54) is 6.33 Å². The third-order valence-corrected chi connectivity index (χ3v) is 5.81. The molecule has 3 aromatic heterocycles. The molecule has 1 aliphatic rings. The molecule has 32 heavy (non-hydrogen) atoms. The first-order valence-corrected chi connectivity index (χ1v) is 10.5. The molecular formula is C24H23N7O. The molecular weight excluding hydrogens is 402 g/mol. The number of nitrogen functional groups attached to an aromatic ring is 1. The Labute approximate surface area is 185 Å². The van der Waals surface area contributed by atoms with Gasteiger partial charge >= 0.3 is 0 Å². The lowest BCUT2D eigenvalue weighted by Gasteiger charge is -2.34. The molecule has 8 heteroatoms. The fourth-order valence-corrected chi connectivity index (χ4v) is 4.06. The summed E-state index contributed by atoms with van der Waals surface area (Å²) in [6.45, 7) is 4.59. The van der Waals surface area contributed by atoms with Crippen LogP contribution in [0.5, 0.6) is 0 Å². The van der Waals surface area contributed by atoms with Crippen LogP contribution in [0.2, 0.25) is 0 Å². The van der Waals surface area contributed by atoms with Crippen LogP contribution >= 0.6 is 0 Å². The van der Waals surface area contributed by atoms with Crippen molar-refractivity contribution in [1.82, 2.24) is 24.8 Å². The Bertz CT molecular complexity index is 1270. The molecule has 5 rings (SSSR count). The van der Waals surface area contributed by atoms with Crippen LogP contribution < -0.4 is 10.6 Å². The van der Waals surface area contributed by atoms with Crippen LogP contribution in [0, 0.1) is 0 Å². The van der Waals surface area contributed by atoms with Gasteiger partial charge in [0.15, 0.2) is 5.65 Å². The van der Waals surface area contributed by atoms with E-state index in [4.69, 9.17) is 10.7 Å². The smallest absolute Gasteiger partial charge is 0.219 e. The van der Waals surface area contributed by atoms with E-state index in [0.717, 1.165) is 46.7 Å². The number of carbonyl (C=O) groups is 1. The summed E-state index contributed by atoms with van der Waals surface area (Å²) in [4.78, 5) is 33.5. The quantitative estimate of drug-likeness (QED) is 0.538. The zero-order valence-electron chi connectivity index (χ0n) is 17.8. The van der Waals surface area contributed by atoms with Crippen LogP contribution in [0.1, 0.15) is 6.92 Å². The van der Waals surface area contributed by atoms with Gasteiger partial charge in [-0.2, -0.15) is 0 Å². The van der Waals surface area contributed by atoms with E-state index >= 15 is 0 Å². The molecule has 160 valence electrons. The maximum atomic E-state index is 11.6. The van der Waals surface area contributed by atoms with Crippen molar-refractivity contribution in [2.45, 2.75) is 6.92 Å². The van der Waals surface area contributed by atoms with Crippen LogP contribution in [-0.4, -0.2) is 56.9 Å². The minimum absolute atomic E-state index is 0.119. The van der Waals surface area contributed by atoms with Crippen molar-refractivity contribution in [3.8, 4) is 22.4 Å². The number of hydrogen-bond donors (Lipinski definition) is 1. The van der Waals surface area contributed by atoms with Crippen molar-refractivity contribution in [2.75, 3.05) is 36.8 Å². The summed E-state index contributed by atoms with van der Waals surface area (Å²) in [5, 5.41) is 0.746. The van der Waals surface area contributed by atoms with Crippen molar-refractivity contribution in [1.29, 1.82) is 0 Å². The number of aromatic nitrogens is 4. The Morgan fingerprint density at radius 2 is 1.72 bits per heavy atom. The van der Waals surface area contributed by atoms with Gasteiger partial charge in [-0.1, -0.05) is 30.3 Å². The van der Waals surface area contributed by atoms with Crippen molar-refractivity contribution < 1.29 is 4.79 Å². The van der Waals surface area contributed by atoms with Crippen molar-refractivity contribution >= 4 is 28.6 Å². The van der Waals surface area contributed by atoms with Crippen molar-refractivity contribution in [2.24, 2.45) is 0 Å². The minimum atomic E-state index is 0.119. The fourth-order valence-electron chi connectivity index (χ4n) is 4.06. The van der Waals surface area contributed by atoms with Gasteiger partial charge in [0.25, 0.3) is 0 Å². The molecule has 4 aromatic rings. The van der Waals surface area contributed by atoms with Gasteiger partial charge in [0, 0.05) is 44.9 Å². The normalized spacial score (nSPS) is 14.0. The SMILES string of the molecule is CC(=O)N1CCN(c2ccc(-c3cc(-c4ccccc4)c4c(N)ncnc4n3)cn2)CC1. The predicted octanol–water partition coefficient (Wildman–Crippen LogP) is 3.00. The number of nitrogens with two attached hydrogens (primary N) is 1. The molecule has 0 saturated carbocycles. The molecule has 0 spiro atoms. The fraction of sp³-hybridized carbons (Fsp3) is 0.208. The summed E-state index contributed by atoms with van der Waals surface area (Å²) in [6.07, 6.45) is 3.27. The van der Waals surface area contributed by atoms with Crippen LogP contribution in [0.25, 0.3) is 33.4 Å². The summed E-state index contributed by atoms with van der Waals surface area (Å²) in [5.74, 6) is 1.42. The second kappa shape index (κ2) is 8.22. The first-order chi connectivity index (χ1) is 15.6. The van der Waals surface area contributed by atoms with E-state index in [0.29, 0.717) is 24.6 Å². The van der Waals surface area contributed by atoms with E-state index in [2.05, 4.69) is 19.9 Å². The highest BCUT2D eigenvalue weighted by Crippen LogP contribution is 2.33. The van der Waals surface area contributed by atoms with Gasteiger partial charge in [0.2, 0.25) is 5.91 Å². The zero-order chi connectivity index (χ0) is 22.1. The van der Waals surface area contributed by atoms with E-state index in [-0.39, 0.29) is 5.91 Å². The molecule has 4 heterocycles. The van der Waals surface area contributed by atoms with Crippen molar-refractivity contribution in [3.63, 3.8) is 0 Å². The lowest BCUT2D eigenvalue weighted by atomic mass is 10.0. The number of benzene rings is 1. The molecule has 1 amide bonds. The van der Waals surface area contributed by atoms with E-state index in [9.17, 15) is 4.79 Å². The Hall–Kier alpha value is -4.07. The first kappa shape index (κ1) is 19.9. The monoisotopic (exact) mass is 425 g/mol. The van der Waals surface area contributed by atoms with Gasteiger partial charge in [-0.05, 0) is 29.3 Å². The Kier molecular flexibility index (Phi) is 5.10. The average Bonchev–Trinajstić information content (AvgIpc) is 2.84. The average molecular weight is 425 g/mol. The molecule has 0 unspecified atom stereocenters. The van der Waals surface area contributed by atoms with Gasteiger partial charge in [-0.25, -0.2) is 19.9 Å². The second-order valence-corrected chi connectivity index (χ2v) is 7.78. The van der Waals surface area contributed by atoms with Crippen LogP contribution in [0.15, 0.2) is 61.1 Å². The number of anilines is 2.